The lowest BCUT2D eigenvalue weighted by Gasteiger charge is -2.35. The minimum Gasteiger partial charge on any atom is -0.353 e. The van der Waals surface area contributed by atoms with Crippen molar-refractivity contribution in [2.75, 3.05) is 13.1 Å². The predicted octanol–water partition coefficient (Wildman–Crippen LogP) is 3.21. The smallest absolute Gasteiger partial charge is 0.224 e. The maximum Gasteiger partial charge on any atom is 0.224 e. The summed E-state index contributed by atoms with van der Waals surface area (Å²) in [5, 5.41) is 3.30. The third-order valence-electron chi connectivity index (χ3n) is 5.31. The van der Waals surface area contributed by atoms with Crippen LogP contribution in [0.1, 0.15) is 54.4 Å². The summed E-state index contributed by atoms with van der Waals surface area (Å²) in [6.45, 7) is 15.4. The molecule has 0 unspecified atom stereocenters. The van der Waals surface area contributed by atoms with Crippen molar-refractivity contribution in [3.05, 3.63) is 11.6 Å². The van der Waals surface area contributed by atoms with Crippen LogP contribution in [0.4, 0.5) is 0 Å². The van der Waals surface area contributed by atoms with E-state index in [4.69, 9.17) is 0 Å². The van der Waals surface area contributed by atoms with E-state index in [1.165, 1.54) is 5.57 Å². The summed E-state index contributed by atoms with van der Waals surface area (Å²) in [5.74, 6) is 0.847. The largest absolute Gasteiger partial charge is 0.353 e. The molecule has 0 bridgehead atoms. The quantitative estimate of drug-likeness (QED) is 0.807. The van der Waals surface area contributed by atoms with Crippen molar-refractivity contribution in [2.45, 2.75) is 66.5 Å². The van der Waals surface area contributed by atoms with Crippen LogP contribution in [0.15, 0.2) is 11.6 Å². The van der Waals surface area contributed by atoms with Crippen LogP contribution in [0, 0.1) is 17.3 Å². The van der Waals surface area contributed by atoms with Crippen LogP contribution >= 0.6 is 0 Å². The van der Waals surface area contributed by atoms with Gasteiger partial charge in [0.2, 0.25) is 5.91 Å². The van der Waals surface area contributed by atoms with Crippen molar-refractivity contribution >= 4 is 5.91 Å². The van der Waals surface area contributed by atoms with Gasteiger partial charge in [0.05, 0.1) is 5.92 Å². The second kappa shape index (κ2) is 6.12. The Morgan fingerprint density at radius 1 is 1.24 bits per heavy atom. The van der Waals surface area contributed by atoms with E-state index >= 15 is 0 Å². The zero-order valence-corrected chi connectivity index (χ0v) is 14.6. The summed E-state index contributed by atoms with van der Waals surface area (Å²) in [6.07, 6.45) is 4.44. The first-order valence-corrected chi connectivity index (χ1v) is 8.43. The first-order valence-electron chi connectivity index (χ1n) is 8.43. The fourth-order valence-corrected chi connectivity index (χ4v) is 3.70. The molecule has 0 spiro atoms. The van der Waals surface area contributed by atoms with Crippen LogP contribution in [-0.2, 0) is 4.79 Å². The molecular weight excluding hydrogens is 260 g/mol. The highest BCUT2D eigenvalue weighted by atomic mass is 16.2. The van der Waals surface area contributed by atoms with Gasteiger partial charge in [0.15, 0.2) is 0 Å². The van der Waals surface area contributed by atoms with Crippen molar-refractivity contribution in [3.8, 4) is 0 Å². The molecule has 1 aliphatic heterocycles. The number of nitrogens with zero attached hydrogens (tertiary/aromatic N) is 1. The minimum atomic E-state index is 0.125. The number of nitrogens with one attached hydrogen (secondary N) is 1. The van der Waals surface area contributed by atoms with Crippen LogP contribution in [0.5, 0.6) is 0 Å². The van der Waals surface area contributed by atoms with Gasteiger partial charge in [-0.3, -0.25) is 4.79 Å². The molecular formula is C18H32N2O. The normalized spacial score (nSPS) is 29.3. The predicted molar refractivity (Wildman–Crippen MR) is 88.1 cm³/mol. The Hall–Kier alpha value is -0.830. The van der Waals surface area contributed by atoms with Gasteiger partial charge in [-0.25, -0.2) is 0 Å². The molecule has 1 amide bonds. The fraction of sp³-hybridized carbons (Fsp3) is 0.833. The summed E-state index contributed by atoms with van der Waals surface area (Å²) in [5.41, 5.74) is 1.44. The van der Waals surface area contributed by atoms with E-state index in [2.05, 4.69) is 57.8 Å². The van der Waals surface area contributed by atoms with E-state index in [0.717, 1.165) is 25.9 Å². The molecule has 0 aromatic rings. The summed E-state index contributed by atoms with van der Waals surface area (Å²) in [7, 11) is 0. The van der Waals surface area contributed by atoms with Crippen LogP contribution in [-0.4, -0.2) is 36.0 Å². The van der Waals surface area contributed by atoms with Gasteiger partial charge >= 0.3 is 0 Å². The van der Waals surface area contributed by atoms with Gasteiger partial charge in [0.1, 0.15) is 0 Å². The fourth-order valence-electron chi connectivity index (χ4n) is 3.70. The van der Waals surface area contributed by atoms with Gasteiger partial charge in [-0.1, -0.05) is 25.5 Å². The zero-order valence-electron chi connectivity index (χ0n) is 14.6. The molecule has 2 fully saturated rings. The lowest BCUT2D eigenvalue weighted by atomic mass is 10.0. The molecule has 2 atom stereocenters. The summed E-state index contributed by atoms with van der Waals surface area (Å²) < 4.78 is 0. The van der Waals surface area contributed by atoms with Crippen molar-refractivity contribution < 1.29 is 4.79 Å². The van der Waals surface area contributed by atoms with Crippen LogP contribution < -0.4 is 5.32 Å². The lowest BCUT2D eigenvalue weighted by Crippen LogP contribution is -2.47. The number of piperidine rings is 1. The van der Waals surface area contributed by atoms with E-state index in [9.17, 15) is 4.79 Å². The van der Waals surface area contributed by atoms with E-state index in [-0.39, 0.29) is 17.2 Å². The number of amides is 1. The number of allylic oxidation sites excluding steroid dienone is 2. The molecule has 1 aliphatic carbocycles. The number of likely N-dealkylation sites (tertiary alicyclic amines) is 1. The Balaban J connectivity index is 1.85. The Morgan fingerprint density at radius 2 is 1.81 bits per heavy atom. The van der Waals surface area contributed by atoms with Gasteiger partial charge in [0, 0.05) is 25.2 Å². The summed E-state index contributed by atoms with van der Waals surface area (Å²) >= 11 is 0. The molecule has 3 nitrogen and oxygen atoms in total. The zero-order chi connectivity index (χ0) is 15.8. The van der Waals surface area contributed by atoms with Crippen molar-refractivity contribution in [2.24, 2.45) is 17.3 Å². The average Bonchev–Trinajstić information content (AvgIpc) is 2.90. The molecule has 21 heavy (non-hydrogen) atoms. The molecule has 1 N–H and O–H groups in total. The summed E-state index contributed by atoms with van der Waals surface area (Å²) in [4.78, 5) is 15.0. The van der Waals surface area contributed by atoms with Gasteiger partial charge in [-0.05, 0) is 51.9 Å². The summed E-state index contributed by atoms with van der Waals surface area (Å²) in [6, 6.07) is 0.988. The molecule has 1 saturated heterocycles. The lowest BCUT2D eigenvalue weighted by molar-refractivity contribution is -0.124. The van der Waals surface area contributed by atoms with Crippen LogP contribution in [0.3, 0.4) is 0 Å². The Bertz CT molecular complexity index is 413. The second-order valence-corrected chi connectivity index (χ2v) is 7.98. The molecule has 0 radical (unpaired) electrons. The highest BCUT2D eigenvalue weighted by Gasteiger charge is 2.60. The SMILES string of the molecule is CC(C)=C[C@@H]1[C@@H](C(=O)NC2CCN(C(C)C)CC2)C1(C)C. The minimum absolute atomic E-state index is 0.125. The number of hydrogen-bond acceptors (Lipinski definition) is 2. The molecule has 3 heteroatoms. The molecule has 0 aromatic heterocycles. The second-order valence-electron chi connectivity index (χ2n) is 7.98. The standard InChI is InChI=1S/C18H32N2O/c1-12(2)11-15-16(18(15,5)6)17(21)19-14-7-9-20(10-8-14)13(3)4/h11,13-16H,7-10H2,1-6H3,(H,19,21)/t15-,16+/m1/s1. The number of hydrogen-bond donors (Lipinski definition) is 1. The van der Waals surface area contributed by atoms with Crippen molar-refractivity contribution in [1.82, 2.24) is 10.2 Å². The Labute approximate surface area is 130 Å². The highest BCUT2D eigenvalue weighted by Crippen LogP contribution is 2.59. The van der Waals surface area contributed by atoms with Gasteiger partial charge in [-0.15, -0.1) is 0 Å². The van der Waals surface area contributed by atoms with Crippen molar-refractivity contribution in [1.29, 1.82) is 0 Å². The average molecular weight is 292 g/mol. The maximum absolute atomic E-state index is 12.5. The first kappa shape index (κ1) is 16.5. The third-order valence-corrected chi connectivity index (χ3v) is 5.31. The first-order chi connectivity index (χ1) is 9.73. The number of carbonyl (C=O) groups excluding carboxylic acids is 1. The van der Waals surface area contributed by atoms with Crippen molar-refractivity contribution in [3.63, 3.8) is 0 Å². The Kier molecular flexibility index (Phi) is 4.82. The van der Waals surface area contributed by atoms with Gasteiger partial charge in [0.25, 0.3) is 0 Å². The monoisotopic (exact) mass is 292 g/mol. The Morgan fingerprint density at radius 3 is 2.29 bits per heavy atom. The van der Waals surface area contributed by atoms with E-state index in [1.807, 2.05) is 0 Å². The van der Waals surface area contributed by atoms with Crippen LogP contribution in [0.25, 0.3) is 0 Å². The van der Waals surface area contributed by atoms with Gasteiger partial charge in [-0.2, -0.15) is 0 Å². The molecule has 1 heterocycles. The molecule has 1 saturated carbocycles. The van der Waals surface area contributed by atoms with E-state index < -0.39 is 0 Å². The molecule has 2 aliphatic rings. The molecule has 0 aromatic carbocycles. The molecule has 120 valence electrons. The topological polar surface area (TPSA) is 32.3 Å². The maximum atomic E-state index is 12.5. The van der Waals surface area contributed by atoms with Gasteiger partial charge < -0.3 is 10.2 Å². The van der Waals surface area contributed by atoms with E-state index in [1.54, 1.807) is 0 Å². The highest BCUT2D eigenvalue weighted by molar-refractivity contribution is 5.84. The molecule has 2 rings (SSSR count). The van der Waals surface area contributed by atoms with E-state index in [0.29, 0.717) is 18.0 Å². The number of rotatable bonds is 4. The number of carbonyl (C=O) groups is 1. The third kappa shape index (κ3) is 3.68. The van der Waals surface area contributed by atoms with Crippen LogP contribution in [0.2, 0.25) is 0 Å².